The average molecular weight is 297 g/mol. The van der Waals surface area contributed by atoms with Crippen molar-refractivity contribution in [2.24, 2.45) is 11.8 Å². The second-order valence-corrected chi connectivity index (χ2v) is 7.10. The molecule has 0 radical (unpaired) electrons. The minimum absolute atomic E-state index is 0.0702. The lowest BCUT2D eigenvalue weighted by molar-refractivity contribution is -0.106. The molecule has 1 saturated heterocycles. The molecule has 0 amide bonds. The fourth-order valence-electron chi connectivity index (χ4n) is 4.43. The highest BCUT2D eigenvalue weighted by atomic mass is 16.5. The molecule has 1 saturated carbocycles. The first kappa shape index (κ1) is 17.2. The summed E-state index contributed by atoms with van der Waals surface area (Å²) in [6.45, 7) is 10.5. The standard InChI is InChI=1S/C18H35NO2/c1-4-19-17(13-16-8-11-20-12-9-16)18(21-5-2)10-6-7-15(3)14-18/h15-17,19H,4-14H2,1-3H3. The van der Waals surface area contributed by atoms with E-state index in [-0.39, 0.29) is 5.60 Å². The van der Waals surface area contributed by atoms with Gasteiger partial charge >= 0.3 is 0 Å². The Balaban J connectivity index is 2.06. The molecular weight excluding hydrogens is 262 g/mol. The first-order chi connectivity index (χ1) is 10.2. The van der Waals surface area contributed by atoms with Crippen molar-refractivity contribution in [1.29, 1.82) is 0 Å². The summed E-state index contributed by atoms with van der Waals surface area (Å²) in [5, 5.41) is 3.78. The zero-order chi connectivity index (χ0) is 15.1. The Morgan fingerprint density at radius 1 is 1.24 bits per heavy atom. The van der Waals surface area contributed by atoms with Crippen molar-refractivity contribution in [2.45, 2.75) is 77.4 Å². The highest BCUT2D eigenvalue weighted by Gasteiger charge is 2.43. The molecule has 3 unspecified atom stereocenters. The van der Waals surface area contributed by atoms with E-state index >= 15 is 0 Å². The molecular formula is C18H35NO2. The second-order valence-electron chi connectivity index (χ2n) is 7.10. The minimum atomic E-state index is 0.0702. The number of nitrogens with one attached hydrogen (secondary N) is 1. The summed E-state index contributed by atoms with van der Waals surface area (Å²) in [4.78, 5) is 0. The van der Waals surface area contributed by atoms with E-state index in [1.807, 2.05) is 0 Å². The van der Waals surface area contributed by atoms with Crippen LogP contribution in [0.15, 0.2) is 0 Å². The summed E-state index contributed by atoms with van der Waals surface area (Å²) in [6.07, 6.45) is 8.83. The van der Waals surface area contributed by atoms with Gasteiger partial charge in [0.25, 0.3) is 0 Å². The third kappa shape index (κ3) is 4.67. The van der Waals surface area contributed by atoms with Crippen molar-refractivity contribution in [2.75, 3.05) is 26.4 Å². The van der Waals surface area contributed by atoms with Gasteiger partial charge in [0.15, 0.2) is 0 Å². The molecule has 0 spiro atoms. The van der Waals surface area contributed by atoms with Gasteiger partial charge in [0.1, 0.15) is 0 Å². The van der Waals surface area contributed by atoms with Crippen LogP contribution in [0.5, 0.6) is 0 Å². The van der Waals surface area contributed by atoms with Crippen molar-refractivity contribution < 1.29 is 9.47 Å². The van der Waals surface area contributed by atoms with Gasteiger partial charge in [-0.15, -0.1) is 0 Å². The average Bonchev–Trinajstić information content (AvgIpc) is 2.48. The Labute approximate surface area is 131 Å². The van der Waals surface area contributed by atoms with Crippen molar-refractivity contribution in [3.63, 3.8) is 0 Å². The van der Waals surface area contributed by atoms with Crippen LogP contribution in [0.4, 0.5) is 0 Å². The van der Waals surface area contributed by atoms with E-state index in [1.165, 1.54) is 44.9 Å². The minimum Gasteiger partial charge on any atom is -0.381 e. The molecule has 3 heteroatoms. The summed E-state index contributed by atoms with van der Waals surface area (Å²) in [7, 11) is 0. The van der Waals surface area contributed by atoms with Crippen LogP contribution in [0.2, 0.25) is 0 Å². The van der Waals surface area contributed by atoms with E-state index in [4.69, 9.17) is 9.47 Å². The Morgan fingerprint density at radius 2 is 2.00 bits per heavy atom. The lowest BCUT2D eigenvalue weighted by Gasteiger charge is -2.47. The lowest BCUT2D eigenvalue weighted by atomic mass is 9.71. The second kappa shape index (κ2) is 8.50. The van der Waals surface area contributed by atoms with Gasteiger partial charge in [0.05, 0.1) is 5.60 Å². The van der Waals surface area contributed by atoms with Crippen molar-refractivity contribution >= 4 is 0 Å². The van der Waals surface area contributed by atoms with Gasteiger partial charge in [-0.05, 0) is 57.4 Å². The van der Waals surface area contributed by atoms with Crippen molar-refractivity contribution in [3.8, 4) is 0 Å². The van der Waals surface area contributed by atoms with Gasteiger partial charge in [-0.1, -0.05) is 26.7 Å². The first-order valence-electron chi connectivity index (χ1n) is 9.15. The molecule has 2 aliphatic rings. The molecule has 1 aliphatic heterocycles. The molecule has 21 heavy (non-hydrogen) atoms. The number of hydrogen-bond donors (Lipinski definition) is 1. The van der Waals surface area contributed by atoms with Gasteiger partial charge < -0.3 is 14.8 Å². The van der Waals surface area contributed by atoms with Gasteiger partial charge in [0.2, 0.25) is 0 Å². The van der Waals surface area contributed by atoms with Crippen LogP contribution in [-0.4, -0.2) is 38.0 Å². The number of likely N-dealkylation sites (N-methyl/N-ethyl adjacent to an activating group) is 1. The van der Waals surface area contributed by atoms with Crippen LogP contribution in [0.1, 0.15) is 65.7 Å². The molecule has 3 atom stereocenters. The van der Waals surface area contributed by atoms with E-state index < -0.39 is 0 Å². The van der Waals surface area contributed by atoms with Gasteiger partial charge in [0, 0.05) is 25.9 Å². The maximum absolute atomic E-state index is 6.40. The monoisotopic (exact) mass is 297 g/mol. The molecule has 2 rings (SSSR count). The zero-order valence-electron chi connectivity index (χ0n) is 14.3. The predicted molar refractivity (Wildman–Crippen MR) is 87.6 cm³/mol. The summed E-state index contributed by atoms with van der Waals surface area (Å²) in [5.41, 5.74) is 0.0702. The van der Waals surface area contributed by atoms with Crippen LogP contribution >= 0.6 is 0 Å². The summed E-state index contributed by atoms with van der Waals surface area (Å²) in [6, 6.07) is 0.508. The van der Waals surface area contributed by atoms with E-state index in [9.17, 15) is 0 Å². The van der Waals surface area contributed by atoms with Crippen LogP contribution in [0, 0.1) is 11.8 Å². The molecule has 1 heterocycles. The van der Waals surface area contributed by atoms with E-state index in [0.29, 0.717) is 6.04 Å². The quantitative estimate of drug-likeness (QED) is 0.776. The van der Waals surface area contributed by atoms with Crippen LogP contribution in [0.3, 0.4) is 0 Å². The smallest absolute Gasteiger partial charge is 0.0837 e. The van der Waals surface area contributed by atoms with Crippen LogP contribution in [-0.2, 0) is 9.47 Å². The SMILES string of the molecule is CCNC(CC1CCOCC1)C1(OCC)CCCC(C)C1. The highest BCUT2D eigenvalue weighted by molar-refractivity contribution is 4.98. The molecule has 3 nitrogen and oxygen atoms in total. The number of rotatable bonds is 7. The largest absolute Gasteiger partial charge is 0.381 e. The molecule has 0 aromatic carbocycles. The molecule has 1 aliphatic carbocycles. The fraction of sp³-hybridized carbons (Fsp3) is 1.00. The van der Waals surface area contributed by atoms with Gasteiger partial charge in [-0.2, -0.15) is 0 Å². The Hall–Kier alpha value is -0.120. The van der Waals surface area contributed by atoms with Crippen molar-refractivity contribution in [1.82, 2.24) is 5.32 Å². The zero-order valence-corrected chi connectivity index (χ0v) is 14.3. The predicted octanol–water partition coefficient (Wildman–Crippen LogP) is 3.77. The third-order valence-corrected chi connectivity index (χ3v) is 5.42. The normalized spacial score (nSPS) is 33.0. The molecule has 124 valence electrons. The van der Waals surface area contributed by atoms with E-state index in [2.05, 4.69) is 26.1 Å². The lowest BCUT2D eigenvalue weighted by Crippen LogP contribution is -2.55. The molecule has 1 N–H and O–H groups in total. The maximum atomic E-state index is 6.40. The third-order valence-electron chi connectivity index (χ3n) is 5.42. The highest BCUT2D eigenvalue weighted by Crippen LogP contribution is 2.40. The Morgan fingerprint density at radius 3 is 2.62 bits per heavy atom. The Bertz CT molecular complexity index is 287. The summed E-state index contributed by atoms with van der Waals surface area (Å²) >= 11 is 0. The fourth-order valence-corrected chi connectivity index (χ4v) is 4.43. The number of hydrogen-bond acceptors (Lipinski definition) is 3. The number of ether oxygens (including phenoxy) is 2. The van der Waals surface area contributed by atoms with Gasteiger partial charge in [-0.25, -0.2) is 0 Å². The maximum Gasteiger partial charge on any atom is 0.0837 e. The summed E-state index contributed by atoms with van der Waals surface area (Å²) in [5.74, 6) is 1.60. The molecule has 0 aromatic rings. The molecule has 2 fully saturated rings. The van der Waals surface area contributed by atoms with E-state index in [1.54, 1.807) is 0 Å². The molecule has 0 bridgehead atoms. The first-order valence-corrected chi connectivity index (χ1v) is 9.15. The summed E-state index contributed by atoms with van der Waals surface area (Å²) < 4.78 is 11.9. The van der Waals surface area contributed by atoms with E-state index in [0.717, 1.165) is 38.2 Å². The molecule has 0 aromatic heterocycles. The van der Waals surface area contributed by atoms with Crippen molar-refractivity contribution in [3.05, 3.63) is 0 Å². The topological polar surface area (TPSA) is 30.5 Å². The van der Waals surface area contributed by atoms with Crippen LogP contribution in [0.25, 0.3) is 0 Å². The Kier molecular flexibility index (Phi) is 6.97. The van der Waals surface area contributed by atoms with Gasteiger partial charge in [-0.3, -0.25) is 0 Å². The van der Waals surface area contributed by atoms with Crippen LogP contribution < -0.4 is 5.32 Å².